The highest BCUT2D eigenvalue weighted by Crippen LogP contribution is 2.04. The van der Waals surface area contributed by atoms with Gasteiger partial charge in [0.1, 0.15) is 0 Å². The van der Waals surface area contributed by atoms with Gasteiger partial charge in [-0.1, -0.05) is 60.7 Å². The number of pyridine rings is 1. The maximum absolute atomic E-state index is 12.8. The Balaban J connectivity index is 1.58. The van der Waals surface area contributed by atoms with Crippen molar-refractivity contribution in [3.8, 4) is 0 Å². The highest BCUT2D eigenvalue weighted by molar-refractivity contribution is 5.93. The van der Waals surface area contributed by atoms with E-state index in [1.165, 1.54) is 6.20 Å². The van der Waals surface area contributed by atoms with Gasteiger partial charge in [-0.2, -0.15) is 0 Å². The summed E-state index contributed by atoms with van der Waals surface area (Å²) in [7, 11) is 0. The molecule has 1 atom stereocenters. The molecule has 3 aromatic rings. The highest BCUT2D eigenvalue weighted by Gasteiger charge is 2.18. The molecule has 0 aliphatic rings. The Labute approximate surface area is 170 Å². The largest absolute Gasteiger partial charge is 0.351 e. The van der Waals surface area contributed by atoms with Crippen LogP contribution in [-0.4, -0.2) is 29.5 Å². The van der Waals surface area contributed by atoms with Crippen molar-refractivity contribution in [2.75, 3.05) is 6.67 Å². The molecule has 0 saturated carbocycles. The van der Waals surface area contributed by atoms with E-state index in [4.69, 9.17) is 0 Å². The minimum absolute atomic E-state index is 0.117. The number of carbonyl (C=O) groups is 2. The lowest BCUT2D eigenvalue weighted by Gasteiger charge is -2.19. The molecule has 0 radical (unpaired) electrons. The van der Waals surface area contributed by atoms with Gasteiger partial charge in [-0.3, -0.25) is 19.9 Å². The van der Waals surface area contributed by atoms with E-state index in [-0.39, 0.29) is 18.5 Å². The topological polar surface area (TPSA) is 83.1 Å². The number of nitrogens with zero attached hydrogens (tertiary/aromatic N) is 1. The molecule has 3 N–H and O–H groups in total. The summed E-state index contributed by atoms with van der Waals surface area (Å²) in [5, 5.41) is 8.88. The monoisotopic (exact) mass is 388 g/mol. The first-order valence-corrected chi connectivity index (χ1v) is 9.49. The summed E-state index contributed by atoms with van der Waals surface area (Å²) in [5.41, 5.74) is 2.55. The lowest BCUT2D eigenvalue weighted by Crippen LogP contribution is -2.49. The molecular formula is C23H24N4O2. The van der Waals surface area contributed by atoms with E-state index in [2.05, 4.69) is 20.9 Å². The summed E-state index contributed by atoms with van der Waals surface area (Å²) in [6.07, 6.45) is 3.63. The highest BCUT2D eigenvalue weighted by atomic mass is 16.2. The van der Waals surface area contributed by atoms with Crippen molar-refractivity contribution in [3.05, 3.63) is 102 Å². The van der Waals surface area contributed by atoms with Crippen LogP contribution in [0.5, 0.6) is 0 Å². The molecule has 0 aliphatic heterocycles. The zero-order chi connectivity index (χ0) is 20.3. The SMILES string of the molecule is O=C(NCN[C@@H](Cc1ccccc1)C(=O)NCc1ccccc1)c1cccnc1. The third-order valence-corrected chi connectivity index (χ3v) is 4.43. The molecule has 6 heteroatoms. The van der Waals surface area contributed by atoms with E-state index in [1.807, 2.05) is 60.7 Å². The van der Waals surface area contributed by atoms with E-state index < -0.39 is 6.04 Å². The van der Waals surface area contributed by atoms with Crippen molar-refractivity contribution in [1.82, 2.24) is 20.9 Å². The quantitative estimate of drug-likeness (QED) is 0.491. The van der Waals surface area contributed by atoms with Gasteiger partial charge in [-0.05, 0) is 29.7 Å². The average molecular weight is 388 g/mol. The van der Waals surface area contributed by atoms with Crippen molar-refractivity contribution in [2.45, 2.75) is 19.0 Å². The molecular weight excluding hydrogens is 364 g/mol. The predicted octanol–water partition coefficient (Wildman–Crippen LogP) is 2.29. The number of hydrogen-bond acceptors (Lipinski definition) is 4. The van der Waals surface area contributed by atoms with Crippen LogP contribution in [-0.2, 0) is 17.8 Å². The first-order valence-electron chi connectivity index (χ1n) is 9.49. The van der Waals surface area contributed by atoms with Gasteiger partial charge < -0.3 is 10.6 Å². The van der Waals surface area contributed by atoms with Crippen LogP contribution in [0.3, 0.4) is 0 Å². The van der Waals surface area contributed by atoms with E-state index in [9.17, 15) is 9.59 Å². The number of benzene rings is 2. The molecule has 0 bridgehead atoms. The molecule has 0 spiro atoms. The Morgan fingerprint density at radius 3 is 2.17 bits per heavy atom. The van der Waals surface area contributed by atoms with Gasteiger partial charge in [0.2, 0.25) is 5.91 Å². The summed E-state index contributed by atoms with van der Waals surface area (Å²) < 4.78 is 0. The zero-order valence-electron chi connectivity index (χ0n) is 16.0. The maximum Gasteiger partial charge on any atom is 0.253 e. The minimum atomic E-state index is -0.477. The third kappa shape index (κ3) is 6.55. The van der Waals surface area contributed by atoms with Crippen molar-refractivity contribution in [2.24, 2.45) is 0 Å². The number of carbonyl (C=O) groups excluding carboxylic acids is 2. The van der Waals surface area contributed by atoms with Crippen LogP contribution in [0.1, 0.15) is 21.5 Å². The van der Waals surface area contributed by atoms with Gasteiger partial charge in [0.25, 0.3) is 5.91 Å². The number of amides is 2. The molecule has 0 saturated heterocycles. The number of nitrogens with one attached hydrogen (secondary N) is 3. The number of aromatic nitrogens is 1. The van der Waals surface area contributed by atoms with Crippen LogP contribution in [0, 0.1) is 0 Å². The van der Waals surface area contributed by atoms with Crippen molar-refractivity contribution in [1.29, 1.82) is 0 Å². The number of rotatable bonds is 9. The Morgan fingerprint density at radius 2 is 1.52 bits per heavy atom. The maximum atomic E-state index is 12.8. The van der Waals surface area contributed by atoms with Crippen LogP contribution in [0.25, 0.3) is 0 Å². The van der Waals surface area contributed by atoms with E-state index in [1.54, 1.807) is 18.3 Å². The Morgan fingerprint density at radius 1 is 0.828 bits per heavy atom. The lowest BCUT2D eigenvalue weighted by molar-refractivity contribution is -0.123. The second-order valence-corrected chi connectivity index (χ2v) is 6.57. The van der Waals surface area contributed by atoms with Crippen LogP contribution < -0.4 is 16.0 Å². The first-order chi connectivity index (χ1) is 14.2. The Hall–Kier alpha value is -3.51. The summed E-state index contributed by atoms with van der Waals surface area (Å²) in [4.78, 5) is 28.9. The Kier molecular flexibility index (Phi) is 7.48. The van der Waals surface area contributed by atoms with Gasteiger partial charge in [-0.25, -0.2) is 0 Å². The standard InChI is InChI=1S/C23H24N4O2/c28-22(20-12-7-13-24-16-20)27-17-26-21(14-18-8-3-1-4-9-18)23(29)25-15-19-10-5-2-6-11-19/h1-13,16,21,26H,14-15,17H2,(H,25,29)(H,27,28)/t21-/m0/s1. The molecule has 3 rings (SSSR count). The fourth-order valence-corrected chi connectivity index (χ4v) is 2.87. The molecule has 148 valence electrons. The molecule has 2 aromatic carbocycles. The molecule has 1 heterocycles. The predicted molar refractivity (Wildman–Crippen MR) is 112 cm³/mol. The van der Waals surface area contributed by atoms with Gasteiger partial charge in [0.05, 0.1) is 18.3 Å². The first kappa shape index (κ1) is 20.2. The van der Waals surface area contributed by atoms with Crippen LogP contribution in [0.2, 0.25) is 0 Å². The summed E-state index contributed by atoms with van der Waals surface area (Å²) in [6, 6.07) is 22.5. The molecule has 29 heavy (non-hydrogen) atoms. The van der Waals surface area contributed by atoms with E-state index in [0.717, 1.165) is 11.1 Å². The van der Waals surface area contributed by atoms with Crippen molar-refractivity contribution >= 4 is 11.8 Å². The summed E-state index contributed by atoms with van der Waals surface area (Å²) in [5.74, 6) is -0.359. The molecule has 0 aliphatic carbocycles. The zero-order valence-corrected chi connectivity index (χ0v) is 16.0. The van der Waals surface area contributed by atoms with Crippen LogP contribution in [0.15, 0.2) is 85.2 Å². The van der Waals surface area contributed by atoms with Gasteiger partial charge >= 0.3 is 0 Å². The molecule has 1 aromatic heterocycles. The number of hydrogen-bond donors (Lipinski definition) is 3. The smallest absolute Gasteiger partial charge is 0.253 e. The van der Waals surface area contributed by atoms with Crippen molar-refractivity contribution < 1.29 is 9.59 Å². The Bertz CT molecular complexity index is 902. The molecule has 6 nitrogen and oxygen atoms in total. The molecule has 2 amide bonds. The lowest BCUT2D eigenvalue weighted by atomic mass is 10.1. The van der Waals surface area contributed by atoms with Gasteiger partial charge in [0.15, 0.2) is 0 Å². The van der Waals surface area contributed by atoms with E-state index >= 15 is 0 Å². The van der Waals surface area contributed by atoms with Gasteiger partial charge in [-0.15, -0.1) is 0 Å². The second kappa shape index (κ2) is 10.7. The average Bonchev–Trinajstić information content (AvgIpc) is 2.78. The fourth-order valence-electron chi connectivity index (χ4n) is 2.87. The minimum Gasteiger partial charge on any atom is -0.351 e. The summed E-state index contributed by atoms with van der Waals surface area (Å²) >= 11 is 0. The molecule has 0 unspecified atom stereocenters. The van der Waals surface area contributed by atoms with E-state index in [0.29, 0.717) is 18.5 Å². The summed E-state index contributed by atoms with van der Waals surface area (Å²) in [6.45, 7) is 0.624. The molecule has 0 fully saturated rings. The van der Waals surface area contributed by atoms with Crippen molar-refractivity contribution in [3.63, 3.8) is 0 Å². The normalized spacial score (nSPS) is 11.4. The van der Waals surface area contributed by atoms with Gasteiger partial charge in [0, 0.05) is 18.9 Å². The third-order valence-electron chi connectivity index (χ3n) is 4.43. The fraction of sp³-hybridized carbons (Fsp3) is 0.174. The van der Waals surface area contributed by atoms with Crippen LogP contribution >= 0.6 is 0 Å². The van der Waals surface area contributed by atoms with Crippen LogP contribution in [0.4, 0.5) is 0 Å². The second-order valence-electron chi connectivity index (χ2n) is 6.57.